The van der Waals surface area contributed by atoms with Gasteiger partial charge in [0.2, 0.25) is 0 Å². The Morgan fingerprint density at radius 2 is 1.96 bits per heavy atom. The third-order valence-electron chi connectivity index (χ3n) is 3.82. The number of anilines is 1. The van der Waals surface area contributed by atoms with Gasteiger partial charge in [-0.05, 0) is 45.0 Å². The first kappa shape index (κ1) is 20.6. The molecule has 8 heteroatoms. The molecular weight excluding hydrogens is 371 g/mol. The molecule has 0 fully saturated rings. The lowest BCUT2D eigenvalue weighted by molar-refractivity contribution is 0.0981. The van der Waals surface area contributed by atoms with E-state index in [0.29, 0.717) is 0 Å². The summed E-state index contributed by atoms with van der Waals surface area (Å²) in [6.45, 7) is 5.88. The second-order valence-electron chi connectivity index (χ2n) is 7.08. The van der Waals surface area contributed by atoms with Crippen molar-refractivity contribution in [3.05, 3.63) is 52.1 Å². The standard InChI is InChI=1S/C19H20ClFN4O2/c1-19(2,3)23-10-16(26)13-8-15(25(4)17(13)20)18(27)24-12-5-6-14(21)11(7-12)9-22/h5-8,23H,10H2,1-4H3,(H,24,27). The second-order valence-corrected chi connectivity index (χ2v) is 7.44. The Labute approximate surface area is 161 Å². The Hall–Kier alpha value is -2.69. The highest BCUT2D eigenvalue weighted by molar-refractivity contribution is 6.33. The van der Waals surface area contributed by atoms with Gasteiger partial charge in [0, 0.05) is 18.3 Å². The van der Waals surface area contributed by atoms with Crippen molar-refractivity contribution < 1.29 is 14.0 Å². The normalized spacial score (nSPS) is 11.1. The molecule has 0 saturated heterocycles. The lowest BCUT2D eigenvalue weighted by atomic mass is 10.1. The zero-order valence-electron chi connectivity index (χ0n) is 15.5. The maximum Gasteiger partial charge on any atom is 0.272 e. The molecule has 1 heterocycles. The first-order valence-corrected chi connectivity index (χ1v) is 8.55. The van der Waals surface area contributed by atoms with Crippen LogP contribution < -0.4 is 10.6 Å². The number of amides is 1. The number of nitrogens with one attached hydrogen (secondary N) is 2. The van der Waals surface area contributed by atoms with E-state index in [4.69, 9.17) is 16.9 Å². The van der Waals surface area contributed by atoms with Gasteiger partial charge in [-0.1, -0.05) is 11.6 Å². The molecule has 1 aromatic heterocycles. The van der Waals surface area contributed by atoms with Crippen LogP contribution in [0.3, 0.4) is 0 Å². The molecule has 6 nitrogen and oxygen atoms in total. The highest BCUT2D eigenvalue weighted by Gasteiger charge is 2.22. The van der Waals surface area contributed by atoms with E-state index in [-0.39, 0.29) is 45.5 Å². The van der Waals surface area contributed by atoms with Crippen molar-refractivity contribution in [3.8, 4) is 6.07 Å². The van der Waals surface area contributed by atoms with E-state index in [9.17, 15) is 14.0 Å². The van der Waals surface area contributed by atoms with Crippen molar-refractivity contribution in [1.29, 1.82) is 5.26 Å². The lowest BCUT2D eigenvalue weighted by Gasteiger charge is -2.19. The third kappa shape index (κ3) is 4.94. The largest absolute Gasteiger partial charge is 0.330 e. The molecule has 1 aromatic carbocycles. The average molecular weight is 391 g/mol. The Kier molecular flexibility index (Phi) is 6.04. The van der Waals surface area contributed by atoms with Crippen molar-refractivity contribution in [2.24, 2.45) is 7.05 Å². The second kappa shape index (κ2) is 7.91. The number of ketones is 1. The molecule has 0 radical (unpaired) electrons. The number of nitriles is 1. The predicted molar refractivity (Wildman–Crippen MR) is 102 cm³/mol. The number of aromatic nitrogens is 1. The molecule has 0 saturated carbocycles. The Morgan fingerprint density at radius 3 is 2.56 bits per heavy atom. The van der Waals surface area contributed by atoms with E-state index in [0.717, 1.165) is 6.07 Å². The van der Waals surface area contributed by atoms with E-state index >= 15 is 0 Å². The fourth-order valence-electron chi connectivity index (χ4n) is 2.32. The molecule has 142 valence electrons. The Morgan fingerprint density at radius 1 is 1.30 bits per heavy atom. The van der Waals surface area contributed by atoms with Gasteiger partial charge in [-0.3, -0.25) is 9.59 Å². The highest BCUT2D eigenvalue weighted by atomic mass is 35.5. The molecule has 27 heavy (non-hydrogen) atoms. The van der Waals surface area contributed by atoms with Crippen LogP contribution in [0.4, 0.5) is 10.1 Å². The van der Waals surface area contributed by atoms with Crippen LogP contribution in [-0.4, -0.2) is 28.3 Å². The fraction of sp³-hybridized carbons (Fsp3) is 0.316. The van der Waals surface area contributed by atoms with Crippen LogP contribution in [0.25, 0.3) is 0 Å². The summed E-state index contributed by atoms with van der Waals surface area (Å²) in [6, 6.07) is 6.80. The minimum atomic E-state index is -0.670. The van der Waals surface area contributed by atoms with Gasteiger partial charge < -0.3 is 15.2 Å². The monoisotopic (exact) mass is 390 g/mol. The van der Waals surface area contributed by atoms with Gasteiger partial charge in [-0.2, -0.15) is 5.26 Å². The SMILES string of the molecule is Cn1c(C(=O)Nc2ccc(F)c(C#N)c2)cc(C(=O)CNC(C)(C)C)c1Cl. The molecular formula is C19H20ClFN4O2. The number of carbonyl (C=O) groups excluding carboxylic acids is 2. The number of carbonyl (C=O) groups is 2. The van der Waals surface area contributed by atoms with Crippen LogP contribution in [0.1, 0.15) is 47.2 Å². The van der Waals surface area contributed by atoms with Gasteiger partial charge in [0.05, 0.1) is 17.7 Å². The molecule has 0 unspecified atom stereocenters. The molecule has 0 aliphatic heterocycles. The number of benzene rings is 1. The minimum Gasteiger partial charge on any atom is -0.330 e. The smallest absolute Gasteiger partial charge is 0.272 e. The number of hydrogen-bond acceptors (Lipinski definition) is 4. The van der Waals surface area contributed by atoms with Crippen LogP contribution in [-0.2, 0) is 7.05 Å². The van der Waals surface area contributed by atoms with Crippen LogP contribution in [0.5, 0.6) is 0 Å². The van der Waals surface area contributed by atoms with E-state index in [1.807, 2.05) is 20.8 Å². The number of hydrogen-bond donors (Lipinski definition) is 2. The molecule has 2 N–H and O–H groups in total. The molecule has 2 rings (SSSR count). The number of nitrogens with zero attached hydrogens (tertiary/aromatic N) is 2. The summed E-state index contributed by atoms with van der Waals surface area (Å²) in [7, 11) is 1.57. The first-order valence-electron chi connectivity index (χ1n) is 8.18. The summed E-state index contributed by atoms with van der Waals surface area (Å²) < 4.78 is 14.8. The lowest BCUT2D eigenvalue weighted by Crippen LogP contribution is -2.39. The molecule has 0 bridgehead atoms. The van der Waals surface area contributed by atoms with Crippen molar-refractivity contribution in [3.63, 3.8) is 0 Å². The van der Waals surface area contributed by atoms with E-state index in [1.165, 1.54) is 22.8 Å². The molecule has 1 amide bonds. The van der Waals surface area contributed by atoms with Crippen LogP contribution >= 0.6 is 11.6 Å². The van der Waals surface area contributed by atoms with E-state index in [1.54, 1.807) is 13.1 Å². The Bertz CT molecular complexity index is 938. The van der Waals surface area contributed by atoms with Crippen molar-refractivity contribution >= 4 is 29.0 Å². The van der Waals surface area contributed by atoms with Crippen molar-refractivity contribution in [2.45, 2.75) is 26.3 Å². The van der Waals surface area contributed by atoms with Crippen molar-refractivity contribution in [1.82, 2.24) is 9.88 Å². The minimum absolute atomic E-state index is 0.0811. The topological polar surface area (TPSA) is 86.9 Å². The number of halogens is 2. The third-order valence-corrected chi connectivity index (χ3v) is 4.27. The molecule has 2 aromatic rings. The van der Waals surface area contributed by atoms with Gasteiger partial charge in [-0.15, -0.1) is 0 Å². The summed E-state index contributed by atoms with van der Waals surface area (Å²) in [5.41, 5.74) is 0.247. The van der Waals surface area contributed by atoms with Crippen LogP contribution in [0.15, 0.2) is 24.3 Å². The van der Waals surface area contributed by atoms with Gasteiger partial charge in [0.1, 0.15) is 22.7 Å². The summed E-state index contributed by atoms with van der Waals surface area (Å²) in [5, 5.41) is 14.7. The average Bonchev–Trinajstić information content (AvgIpc) is 2.89. The van der Waals surface area contributed by atoms with Gasteiger partial charge in [0.25, 0.3) is 5.91 Å². The quantitative estimate of drug-likeness (QED) is 0.765. The summed E-state index contributed by atoms with van der Waals surface area (Å²) >= 11 is 6.22. The summed E-state index contributed by atoms with van der Waals surface area (Å²) in [6.07, 6.45) is 0. The van der Waals surface area contributed by atoms with E-state index in [2.05, 4.69) is 10.6 Å². The van der Waals surface area contributed by atoms with Crippen molar-refractivity contribution in [2.75, 3.05) is 11.9 Å². The number of rotatable bonds is 5. The summed E-state index contributed by atoms with van der Waals surface area (Å²) in [4.78, 5) is 24.9. The van der Waals surface area contributed by atoms with Crippen LogP contribution in [0.2, 0.25) is 5.15 Å². The van der Waals surface area contributed by atoms with E-state index < -0.39 is 11.7 Å². The zero-order valence-corrected chi connectivity index (χ0v) is 16.2. The number of Topliss-reactive ketones (excluding diaryl/α,β-unsaturated/α-hetero) is 1. The van der Waals surface area contributed by atoms with Crippen LogP contribution in [0, 0.1) is 17.1 Å². The van der Waals surface area contributed by atoms with Gasteiger partial charge in [-0.25, -0.2) is 4.39 Å². The maximum absolute atomic E-state index is 13.4. The zero-order chi connectivity index (χ0) is 20.4. The first-order chi connectivity index (χ1) is 12.5. The molecule has 0 spiro atoms. The summed E-state index contributed by atoms with van der Waals surface area (Å²) in [5.74, 6) is -1.44. The molecule has 0 aliphatic rings. The van der Waals surface area contributed by atoms with Gasteiger partial charge in [0.15, 0.2) is 5.78 Å². The predicted octanol–water partition coefficient (Wildman–Crippen LogP) is 3.51. The molecule has 0 atom stereocenters. The fourth-order valence-corrected chi connectivity index (χ4v) is 2.57. The maximum atomic E-state index is 13.4. The van der Waals surface area contributed by atoms with Gasteiger partial charge >= 0.3 is 0 Å². The highest BCUT2D eigenvalue weighted by Crippen LogP contribution is 2.22. The Balaban J connectivity index is 2.23. The molecule has 0 aliphatic carbocycles.